The summed E-state index contributed by atoms with van der Waals surface area (Å²) in [6, 6.07) is 7.78. The van der Waals surface area contributed by atoms with Gasteiger partial charge in [0.1, 0.15) is 10.6 Å². The van der Waals surface area contributed by atoms with Crippen molar-refractivity contribution in [2.75, 3.05) is 19.1 Å². The standard InChI is InChI=1S/C13H13ClN2O2S/c1-16(13-15-12(14)11(8-17)19-13)7-9-5-3-4-6-10(9)18-2/h3-6,8H,7H2,1-2H3. The number of hydrogen-bond acceptors (Lipinski definition) is 5. The van der Waals surface area contributed by atoms with E-state index in [4.69, 9.17) is 16.3 Å². The Morgan fingerprint density at radius 3 is 2.84 bits per heavy atom. The van der Waals surface area contributed by atoms with Crippen molar-refractivity contribution in [3.63, 3.8) is 0 Å². The highest BCUT2D eigenvalue weighted by Gasteiger charge is 2.13. The summed E-state index contributed by atoms with van der Waals surface area (Å²) in [6.07, 6.45) is 0.723. The summed E-state index contributed by atoms with van der Waals surface area (Å²) in [7, 11) is 3.54. The fraction of sp³-hybridized carbons (Fsp3) is 0.231. The molecule has 0 bridgehead atoms. The van der Waals surface area contributed by atoms with Crippen LogP contribution in [-0.2, 0) is 6.54 Å². The molecule has 0 spiro atoms. The summed E-state index contributed by atoms with van der Waals surface area (Å²) >= 11 is 7.14. The summed E-state index contributed by atoms with van der Waals surface area (Å²) in [5.41, 5.74) is 1.05. The Kier molecular flexibility index (Phi) is 4.39. The Morgan fingerprint density at radius 1 is 1.47 bits per heavy atom. The van der Waals surface area contributed by atoms with Crippen LogP contribution < -0.4 is 9.64 Å². The molecule has 19 heavy (non-hydrogen) atoms. The molecule has 1 aromatic heterocycles. The number of carbonyl (C=O) groups is 1. The summed E-state index contributed by atoms with van der Waals surface area (Å²) in [6.45, 7) is 0.631. The molecule has 2 rings (SSSR count). The second-order valence-corrected chi connectivity index (χ2v) is 5.30. The Labute approximate surface area is 120 Å². The number of thiazole rings is 1. The predicted molar refractivity (Wildman–Crippen MR) is 77.6 cm³/mol. The lowest BCUT2D eigenvalue weighted by Gasteiger charge is -2.17. The van der Waals surface area contributed by atoms with Crippen molar-refractivity contribution in [2.45, 2.75) is 6.54 Å². The first-order valence-corrected chi connectivity index (χ1v) is 6.79. The Morgan fingerprint density at radius 2 is 2.21 bits per heavy atom. The fourth-order valence-corrected chi connectivity index (χ4v) is 2.72. The van der Waals surface area contributed by atoms with E-state index in [2.05, 4.69) is 4.98 Å². The van der Waals surface area contributed by atoms with E-state index in [1.165, 1.54) is 11.3 Å². The average Bonchev–Trinajstić information content (AvgIpc) is 2.80. The maximum Gasteiger partial charge on any atom is 0.187 e. The van der Waals surface area contributed by atoms with E-state index in [0.717, 1.165) is 17.6 Å². The molecule has 6 heteroatoms. The molecular weight excluding hydrogens is 284 g/mol. The maximum absolute atomic E-state index is 10.8. The van der Waals surface area contributed by atoms with Crippen LogP contribution in [0.25, 0.3) is 0 Å². The van der Waals surface area contributed by atoms with Gasteiger partial charge in [0.25, 0.3) is 0 Å². The number of halogens is 1. The van der Waals surface area contributed by atoms with Gasteiger partial charge in [0, 0.05) is 19.2 Å². The molecule has 0 saturated carbocycles. The molecule has 0 fully saturated rings. The van der Waals surface area contributed by atoms with Gasteiger partial charge >= 0.3 is 0 Å². The quantitative estimate of drug-likeness (QED) is 0.794. The molecule has 4 nitrogen and oxygen atoms in total. The third kappa shape index (κ3) is 3.05. The first kappa shape index (κ1) is 13.8. The zero-order valence-corrected chi connectivity index (χ0v) is 12.2. The van der Waals surface area contributed by atoms with E-state index in [1.807, 2.05) is 36.2 Å². The van der Waals surface area contributed by atoms with Crippen molar-refractivity contribution in [1.29, 1.82) is 0 Å². The Bertz CT molecular complexity index is 586. The lowest BCUT2D eigenvalue weighted by molar-refractivity contribution is 0.112. The van der Waals surface area contributed by atoms with Crippen LogP contribution in [0.5, 0.6) is 5.75 Å². The molecule has 0 N–H and O–H groups in total. The van der Waals surface area contributed by atoms with E-state index < -0.39 is 0 Å². The van der Waals surface area contributed by atoms with E-state index in [0.29, 0.717) is 16.6 Å². The predicted octanol–water partition coefficient (Wildman–Crippen LogP) is 3.25. The fourth-order valence-electron chi connectivity index (χ4n) is 1.70. The van der Waals surface area contributed by atoms with Gasteiger partial charge in [-0.05, 0) is 6.07 Å². The van der Waals surface area contributed by atoms with Crippen molar-refractivity contribution in [3.8, 4) is 5.75 Å². The second-order valence-electron chi connectivity index (χ2n) is 3.94. The van der Waals surface area contributed by atoms with Gasteiger partial charge in [0.15, 0.2) is 16.6 Å². The van der Waals surface area contributed by atoms with Gasteiger partial charge in [-0.15, -0.1) is 0 Å². The lowest BCUT2D eigenvalue weighted by atomic mass is 10.2. The lowest BCUT2D eigenvalue weighted by Crippen LogP contribution is -2.16. The first-order valence-electron chi connectivity index (χ1n) is 5.60. The highest BCUT2D eigenvalue weighted by atomic mass is 35.5. The molecule has 0 saturated heterocycles. The Hall–Kier alpha value is -1.59. The minimum absolute atomic E-state index is 0.252. The highest BCUT2D eigenvalue weighted by molar-refractivity contribution is 7.17. The molecule has 0 aliphatic carbocycles. The summed E-state index contributed by atoms with van der Waals surface area (Å²) in [5, 5.41) is 0.958. The molecule has 0 atom stereocenters. The summed E-state index contributed by atoms with van der Waals surface area (Å²) < 4.78 is 5.31. The number of benzene rings is 1. The number of nitrogens with zero attached hydrogens (tertiary/aromatic N) is 2. The number of ether oxygens (including phenoxy) is 1. The number of aldehydes is 1. The van der Waals surface area contributed by atoms with E-state index in [-0.39, 0.29) is 5.15 Å². The monoisotopic (exact) mass is 296 g/mol. The number of carbonyl (C=O) groups excluding carboxylic acids is 1. The van der Waals surface area contributed by atoms with Gasteiger partial charge in [-0.1, -0.05) is 41.1 Å². The molecule has 0 aliphatic rings. The highest BCUT2D eigenvalue weighted by Crippen LogP contribution is 2.29. The van der Waals surface area contributed by atoms with Gasteiger partial charge in [-0.25, -0.2) is 4.98 Å². The SMILES string of the molecule is COc1ccccc1CN(C)c1nc(Cl)c(C=O)s1. The van der Waals surface area contributed by atoms with Crippen LogP contribution in [0.4, 0.5) is 5.13 Å². The van der Waals surface area contributed by atoms with Gasteiger partial charge in [-0.3, -0.25) is 4.79 Å². The smallest absolute Gasteiger partial charge is 0.187 e. The molecule has 100 valence electrons. The first-order chi connectivity index (χ1) is 9.15. The number of methoxy groups -OCH3 is 1. The van der Waals surface area contributed by atoms with Crippen LogP contribution in [0.3, 0.4) is 0 Å². The van der Waals surface area contributed by atoms with Crippen LogP contribution >= 0.6 is 22.9 Å². The minimum Gasteiger partial charge on any atom is -0.496 e. The third-order valence-electron chi connectivity index (χ3n) is 2.63. The van der Waals surface area contributed by atoms with E-state index in [1.54, 1.807) is 7.11 Å². The zero-order valence-electron chi connectivity index (χ0n) is 10.6. The summed E-state index contributed by atoms with van der Waals surface area (Å²) in [4.78, 5) is 17.3. The molecular formula is C13H13ClN2O2S. The average molecular weight is 297 g/mol. The van der Waals surface area contributed by atoms with Crippen molar-refractivity contribution in [3.05, 3.63) is 39.9 Å². The number of anilines is 1. The molecule has 0 radical (unpaired) electrons. The van der Waals surface area contributed by atoms with Crippen LogP contribution in [-0.4, -0.2) is 25.4 Å². The minimum atomic E-state index is 0.252. The molecule has 1 heterocycles. The van der Waals surface area contributed by atoms with E-state index >= 15 is 0 Å². The number of aromatic nitrogens is 1. The number of hydrogen-bond donors (Lipinski definition) is 0. The second kappa shape index (κ2) is 6.04. The zero-order chi connectivity index (χ0) is 13.8. The molecule has 0 amide bonds. The van der Waals surface area contributed by atoms with Crippen molar-refractivity contribution < 1.29 is 9.53 Å². The van der Waals surface area contributed by atoms with Gasteiger partial charge < -0.3 is 9.64 Å². The topological polar surface area (TPSA) is 42.4 Å². The molecule has 2 aromatic rings. The van der Waals surface area contributed by atoms with Crippen LogP contribution in [0.1, 0.15) is 15.2 Å². The van der Waals surface area contributed by atoms with Gasteiger partial charge in [0.2, 0.25) is 0 Å². The number of rotatable bonds is 5. The van der Waals surface area contributed by atoms with Gasteiger partial charge in [0.05, 0.1) is 7.11 Å². The van der Waals surface area contributed by atoms with E-state index in [9.17, 15) is 4.79 Å². The largest absolute Gasteiger partial charge is 0.496 e. The Balaban J connectivity index is 2.20. The van der Waals surface area contributed by atoms with Crippen molar-refractivity contribution in [1.82, 2.24) is 4.98 Å². The van der Waals surface area contributed by atoms with Crippen molar-refractivity contribution in [2.24, 2.45) is 0 Å². The maximum atomic E-state index is 10.8. The van der Waals surface area contributed by atoms with Crippen molar-refractivity contribution >= 4 is 34.4 Å². The summed E-state index contributed by atoms with van der Waals surface area (Å²) in [5.74, 6) is 0.826. The number of para-hydroxylation sites is 1. The van der Waals surface area contributed by atoms with Crippen LogP contribution in [0.2, 0.25) is 5.15 Å². The van der Waals surface area contributed by atoms with Crippen LogP contribution in [0, 0.1) is 0 Å². The molecule has 0 aliphatic heterocycles. The van der Waals surface area contributed by atoms with Gasteiger partial charge in [-0.2, -0.15) is 0 Å². The normalized spacial score (nSPS) is 10.3. The van der Waals surface area contributed by atoms with Crippen LogP contribution in [0.15, 0.2) is 24.3 Å². The molecule has 0 unspecified atom stereocenters. The third-order valence-corrected chi connectivity index (χ3v) is 4.13. The molecule has 1 aromatic carbocycles.